The molecule has 0 unspecified atom stereocenters. The monoisotopic (exact) mass is 868 g/mol. The molecular formula is C33H40F2I2N2O7. The largest absolute Gasteiger partial charge is 0.496 e. The summed E-state index contributed by atoms with van der Waals surface area (Å²) >= 11 is 4.24. The number of halogens is 4. The van der Waals surface area contributed by atoms with Crippen molar-refractivity contribution in [3.63, 3.8) is 0 Å². The Balaban J connectivity index is 1.43. The molecule has 0 aromatic heterocycles. The van der Waals surface area contributed by atoms with Crippen molar-refractivity contribution in [1.82, 2.24) is 5.32 Å². The number of methoxy groups -OCH3 is 1. The highest BCUT2D eigenvalue weighted by molar-refractivity contribution is 14.2. The average Bonchev–Trinajstić information content (AvgIpc) is 3.42. The second-order valence-corrected chi connectivity index (χ2v) is 19.5. The third kappa shape index (κ3) is 8.99. The van der Waals surface area contributed by atoms with Gasteiger partial charge in [-0.3, -0.25) is 14.4 Å². The van der Waals surface area contributed by atoms with Crippen molar-refractivity contribution in [3.8, 4) is 11.5 Å². The molecule has 9 nitrogen and oxygen atoms in total. The second-order valence-electron chi connectivity index (χ2n) is 13.2. The molecule has 46 heavy (non-hydrogen) atoms. The predicted molar refractivity (Wildman–Crippen MR) is 186 cm³/mol. The number of carbonyl (C=O) groups is 3. The lowest BCUT2D eigenvalue weighted by molar-refractivity contribution is -0.169. The van der Waals surface area contributed by atoms with Crippen molar-refractivity contribution in [1.29, 1.82) is 0 Å². The van der Waals surface area contributed by atoms with Crippen LogP contribution in [0.5, 0.6) is 11.5 Å². The zero-order chi connectivity index (χ0) is 34.0. The summed E-state index contributed by atoms with van der Waals surface area (Å²) in [6.45, 7) is 9.36. The molecule has 2 aromatic rings. The minimum absolute atomic E-state index is 0.00269. The molecule has 1 aliphatic heterocycles. The molecule has 1 saturated carbocycles. The molecule has 13 heteroatoms. The first-order valence-corrected chi connectivity index (χ1v) is 17.2. The molecule has 2 N–H and O–H groups in total. The summed E-state index contributed by atoms with van der Waals surface area (Å²) < 4.78 is 51.4. The van der Waals surface area contributed by atoms with E-state index in [1.165, 1.54) is 25.3 Å². The molecular weight excluding hydrogens is 828 g/mol. The van der Waals surface area contributed by atoms with Crippen molar-refractivity contribution in [2.45, 2.75) is 79.5 Å². The zero-order valence-corrected chi connectivity index (χ0v) is 31.0. The maximum absolute atomic E-state index is 15.1. The molecule has 2 atom stereocenters. The van der Waals surface area contributed by atoms with E-state index in [1.54, 1.807) is 6.07 Å². The van der Waals surface area contributed by atoms with Crippen LogP contribution in [0.2, 0.25) is 0 Å². The Morgan fingerprint density at radius 2 is 1.65 bits per heavy atom. The van der Waals surface area contributed by atoms with E-state index < -0.39 is 42.0 Å². The van der Waals surface area contributed by atoms with E-state index in [2.05, 4.69) is 55.8 Å². The van der Waals surface area contributed by atoms with Crippen molar-refractivity contribution >= 4 is 68.7 Å². The summed E-state index contributed by atoms with van der Waals surface area (Å²) in [4.78, 5) is 39.5. The van der Waals surface area contributed by atoms with Gasteiger partial charge >= 0.3 is 5.97 Å². The summed E-state index contributed by atoms with van der Waals surface area (Å²) in [6, 6.07) is 6.07. The van der Waals surface area contributed by atoms with Gasteiger partial charge in [0, 0.05) is 17.3 Å². The van der Waals surface area contributed by atoms with Gasteiger partial charge in [-0.2, -0.15) is 0 Å². The number of esters is 1. The van der Waals surface area contributed by atoms with Gasteiger partial charge in [0.15, 0.2) is 11.6 Å². The SMILES string of the molecule is COc1cc(F)c(O[C@H]2CC[C@@](C)(C(=O)OC(C)(C)C)CC2)cc1C(=O)N[C@@H]1COC[C@@H]1C(=O)Nc1ccc(F)c(C(C)(I)I)c1. The summed E-state index contributed by atoms with van der Waals surface area (Å²) in [5.74, 6) is -3.16. The summed E-state index contributed by atoms with van der Waals surface area (Å²) in [5, 5.41) is 5.63. The number of anilines is 1. The van der Waals surface area contributed by atoms with Gasteiger partial charge in [0.05, 0.1) is 50.8 Å². The average molecular weight is 868 g/mol. The number of hydrogen-bond acceptors (Lipinski definition) is 7. The van der Waals surface area contributed by atoms with Crippen LogP contribution in [0.3, 0.4) is 0 Å². The van der Waals surface area contributed by atoms with Gasteiger partial charge in [0.2, 0.25) is 5.91 Å². The molecule has 4 rings (SSSR count). The van der Waals surface area contributed by atoms with E-state index >= 15 is 4.39 Å². The fourth-order valence-corrected chi connectivity index (χ4v) is 6.31. The molecule has 1 aliphatic carbocycles. The Bertz CT molecular complexity index is 1470. The van der Waals surface area contributed by atoms with Gasteiger partial charge in [-0.1, -0.05) is 45.2 Å². The highest BCUT2D eigenvalue weighted by Gasteiger charge is 2.41. The molecule has 252 valence electrons. The first-order chi connectivity index (χ1) is 21.4. The summed E-state index contributed by atoms with van der Waals surface area (Å²) in [5.41, 5.74) is -0.359. The molecule has 0 bridgehead atoms. The van der Waals surface area contributed by atoms with Gasteiger partial charge in [-0.25, -0.2) is 8.78 Å². The van der Waals surface area contributed by atoms with Crippen LogP contribution < -0.4 is 20.1 Å². The Morgan fingerprint density at radius 3 is 2.26 bits per heavy atom. The van der Waals surface area contributed by atoms with Gasteiger partial charge in [-0.05, 0) is 84.6 Å². The smallest absolute Gasteiger partial charge is 0.312 e. The topological polar surface area (TPSA) is 112 Å². The maximum atomic E-state index is 15.1. The Hall–Kier alpha value is -2.27. The predicted octanol–water partition coefficient (Wildman–Crippen LogP) is 7.07. The number of alkyl halides is 2. The van der Waals surface area contributed by atoms with Gasteiger partial charge in [0.1, 0.15) is 17.2 Å². The molecule has 2 amide bonds. The maximum Gasteiger partial charge on any atom is 0.312 e. The Labute approximate surface area is 295 Å². The first-order valence-electron chi connectivity index (χ1n) is 15.0. The van der Waals surface area contributed by atoms with Gasteiger partial charge in [0.25, 0.3) is 5.91 Å². The molecule has 0 radical (unpaired) electrons. The van der Waals surface area contributed by atoms with Crippen LogP contribution in [0.1, 0.15) is 76.2 Å². The number of carbonyl (C=O) groups excluding carboxylic acids is 3. The highest BCUT2D eigenvalue weighted by atomic mass is 127. The standard InChI is InChI=1S/C33H40F2I2N2O7/c1-31(2,3)46-30(42)32(4)11-9-19(10-12-32)45-27-14-20(26(43-6)15-24(27)35)28(40)39-25-17-44-16-21(25)29(41)38-18-7-8-23(34)22(13-18)33(5,36)37/h7-8,13-15,19,21,25H,9-12,16-17H2,1-6H3,(H,38,41)(H,39,40)/t19-,21-,25+,32+/m0/s1. The minimum atomic E-state index is -0.730. The van der Waals surface area contributed by atoms with E-state index in [1.807, 2.05) is 34.6 Å². The van der Waals surface area contributed by atoms with Gasteiger partial charge in [-0.15, -0.1) is 0 Å². The lowest BCUT2D eigenvalue weighted by Crippen LogP contribution is -2.44. The van der Waals surface area contributed by atoms with Crippen LogP contribution in [-0.4, -0.2) is 55.9 Å². The number of nitrogens with one attached hydrogen (secondary N) is 2. The molecule has 2 fully saturated rings. The summed E-state index contributed by atoms with van der Waals surface area (Å²) in [7, 11) is 1.33. The third-order valence-electron chi connectivity index (χ3n) is 8.16. The Morgan fingerprint density at radius 1 is 0.978 bits per heavy atom. The van der Waals surface area contributed by atoms with Crippen LogP contribution >= 0.6 is 45.2 Å². The fourth-order valence-electron chi connectivity index (χ4n) is 5.48. The van der Waals surface area contributed by atoms with Crippen molar-refractivity contribution < 1.29 is 42.1 Å². The quantitative estimate of drug-likeness (QED) is 0.158. The number of hydrogen-bond donors (Lipinski definition) is 2. The fraction of sp³-hybridized carbons (Fsp3) is 0.545. The van der Waals surface area contributed by atoms with Crippen molar-refractivity contribution in [3.05, 3.63) is 53.1 Å². The Kier molecular flexibility index (Phi) is 11.5. The van der Waals surface area contributed by atoms with Crippen LogP contribution in [0.25, 0.3) is 0 Å². The van der Waals surface area contributed by atoms with Crippen LogP contribution in [0.15, 0.2) is 30.3 Å². The lowest BCUT2D eigenvalue weighted by Gasteiger charge is -2.37. The van der Waals surface area contributed by atoms with E-state index in [9.17, 15) is 18.8 Å². The van der Waals surface area contributed by atoms with Crippen LogP contribution in [-0.2, 0) is 20.5 Å². The number of amides is 2. The minimum Gasteiger partial charge on any atom is -0.496 e. The second kappa shape index (κ2) is 14.5. The molecule has 1 saturated heterocycles. The zero-order valence-electron chi connectivity index (χ0n) is 26.7. The first kappa shape index (κ1) is 36.6. The van der Waals surface area contributed by atoms with E-state index in [-0.39, 0.29) is 48.2 Å². The number of benzene rings is 2. The number of ether oxygens (including phenoxy) is 4. The number of rotatable bonds is 9. The van der Waals surface area contributed by atoms with Gasteiger partial charge < -0.3 is 29.6 Å². The van der Waals surface area contributed by atoms with E-state index in [4.69, 9.17) is 18.9 Å². The van der Waals surface area contributed by atoms with E-state index in [0.717, 1.165) is 6.07 Å². The summed E-state index contributed by atoms with van der Waals surface area (Å²) in [6.07, 6.45) is 1.66. The lowest BCUT2D eigenvalue weighted by atomic mass is 9.74. The third-order valence-corrected chi connectivity index (χ3v) is 9.32. The highest BCUT2D eigenvalue weighted by Crippen LogP contribution is 2.42. The van der Waals surface area contributed by atoms with Crippen molar-refractivity contribution in [2.24, 2.45) is 11.3 Å². The molecule has 0 spiro atoms. The molecule has 1 heterocycles. The molecule has 2 aliphatic rings. The van der Waals surface area contributed by atoms with E-state index in [0.29, 0.717) is 36.9 Å². The van der Waals surface area contributed by atoms with Crippen LogP contribution in [0.4, 0.5) is 14.5 Å². The van der Waals surface area contributed by atoms with Crippen LogP contribution in [0, 0.1) is 23.0 Å². The van der Waals surface area contributed by atoms with Crippen molar-refractivity contribution in [2.75, 3.05) is 25.6 Å². The molecule has 2 aromatic carbocycles. The normalized spacial score (nSPS) is 23.4.